The van der Waals surface area contributed by atoms with Gasteiger partial charge in [-0.15, -0.1) is 5.10 Å². The van der Waals surface area contributed by atoms with Gasteiger partial charge in [0.2, 0.25) is 11.8 Å². The molecule has 1 fully saturated rings. The molecule has 2 aliphatic heterocycles. The lowest BCUT2D eigenvalue weighted by Gasteiger charge is -2.29. The Morgan fingerprint density at radius 2 is 2.03 bits per heavy atom. The van der Waals surface area contributed by atoms with E-state index in [1.54, 1.807) is 35.3 Å². The zero-order valence-corrected chi connectivity index (χ0v) is 16.4. The van der Waals surface area contributed by atoms with E-state index in [0.717, 1.165) is 11.1 Å². The van der Waals surface area contributed by atoms with Crippen molar-refractivity contribution in [2.75, 3.05) is 0 Å². The molecule has 4 heterocycles. The molecule has 10 nitrogen and oxygen atoms in total. The van der Waals surface area contributed by atoms with Crippen molar-refractivity contribution in [3.63, 3.8) is 0 Å². The molecule has 1 aromatic carbocycles. The summed E-state index contributed by atoms with van der Waals surface area (Å²) in [5.74, 6) is -0.981. The number of nitrogens with one attached hydrogen (secondary N) is 1. The molecule has 0 radical (unpaired) electrons. The predicted molar refractivity (Wildman–Crippen MR) is 107 cm³/mol. The van der Waals surface area contributed by atoms with Gasteiger partial charge in [-0.25, -0.2) is 4.68 Å². The molecule has 2 N–H and O–H groups in total. The minimum absolute atomic E-state index is 0.133. The Balaban J connectivity index is 1.39. The fraction of sp³-hybridized carbons (Fsp3) is 0.238. The second-order valence-corrected chi connectivity index (χ2v) is 7.49. The Kier molecular flexibility index (Phi) is 4.55. The van der Waals surface area contributed by atoms with E-state index in [0.29, 0.717) is 35.6 Å². The normalized spacial score (nSPS) is 18.3. The maximum absolute atomic E-state index is 13.0. The summed E-state index contributed by atoms with van der Waals surface area (Å²) in [5.41, 5.74) is 3.92. The van der Waals surface area contributed by atoms with Crippen molar-refractivity contribution in [1.29, 1.82) is 0 Å². The SMILES string of the molecule is O=C1CCC(N2Cc3ccc(-n4cc(-c5ccc(CO)nc5)nn4)cc3C2=O)C(=O)N1. The molecule has 5 rings (SSSR count). The standard InChI is InChI=1S/C21H18N6O4/c28-11-14-3-1-12(8-22-14)17-10-27(25-24-17)15-4-2-13-9-26(21(31)16(13)7-15)18-5-6-19(29)23-20(18)30/h1-4,7-8,10,18,28H,5-6,9,11H2,(H,23,29,30). The third-order valence-corrected chi connectivity index (χ3v) is 5.55. The van der Waals surface area contributed by atoms with E-state index in [2.05, 4.69) is 20.6 Å². The van der Waals surface area contributed by atoms with Crippen LogP contribution >= 0.6 is 0 Å². The van der Waals surface area contributed by atoms with E-state index >= 15 is 0 Å². The fourth-order valence-corrected chi connectivity index (χ4v) is 3.88. The number of aliphatic hydroxyl groups excluding tert-OH is 1. The number of benzene rings is 1. The van der Waals surface area contributed by atoms with Crippen LogP contribution in [0.25, 0.3) is 16.9 Å². The number of aromatic nitrogens is 4. The highest BCUT2D eigenvalue weighted by molar-refractivity contribution is 6.05. The Morgan fingerprint density at radius 3 is 2.77 bits per heavy atom. The lowest BCUT2D eigenvalue weighted by Crippen LogP contribution is -2.52. The summed E-state index contributed by atoms with van der Waals surface area (Å²) in [6.45, 7) is 0.193. The summed E-state index contributed by atoms with van der Waals surface area (Å²) < 4.78 is 1.57. The molecule has 0 saturated carbocycles. The molecule has 3 amide bonds. The summed E-state index contributed by atoms with van der Waals surface area (Å²) >= 11 is 0. The van der Waals surface area contributed by atoms with Crippen LogP contribution in [-0.4, -0.2) is 53.7 Å². The molecule has 10 heteroatoms. The van der Waals surface area contributed by atoms with E-state index < -0.39 is 11.9 Å². The van der Waals surface area contributed by atoms with Crippen molar-refractivity contribution < 1.29 is 19.5 Å². The molecular weight excluding hydrogens is 400 g/mol. The lowest BCUT2D eigenvalue weighted by atomic mass is 10.0. The van der Waals surface area contributed by atoms with Gasteiger partial charge in [0.25, 0.3) is 5.91 Å². The number of imide groups is 1. The first-order valence-corrected chi connectivity index (χ1v) is 9.80. The minimum atomic E-state index is -0.645. The molecule has 0 aliphatic carbocycles. The van der Waals surface area contributed by atoms with Gasteiger partial charge >= 0.3 is 0 Å². The van der Waals surface area contributed by atoms with Gasteiger partial charge in [-0.1, -0.05) is 11.3 Å². The zero-order valence-electron chi connectivity index (χ0n) is 16.4. The highest BCUT2D eigenvalue weighted by Crippen LogP contribution is 2.29. The van der Waals surface area contributed by atoms with Gasteiger partial charge in [-0.2, -0.15) is 0 Å². The van der Waals surface area contributed by atoms with Crippen LogP contribution < -0.4 is 5.32 Å². The minimum Gasteiger partial charge on any atom is -0.390 e. The molecule has 1 atom stereocenters. The number of pyridine rings is 1. The third kappa shape index (κ3) is 3.36. The first-order chi connectivity index (χ1) is 15.0. The molecule has 3 aromatic rings. The number of piperidine rings is 1. The summed E-state index contributed by atoms with van der Waals surface area (Å²) in [6.07, 6.45) is 3.89. The van der Waals surface area contributed by atoms with Gasteiger partial charge in [0.05, 0.1) is 24.2 Å². The summed E-state index contributed by atoms with van der Waals surface area (Å²) in [4.78, 5) is 42.2. The van der Waals surface area contributed by atoms with Crippen LogP contribution in [0.5, 0.6) is 0 Å². The monoisotopic (exact) mass is 418 g/mol. The van der Waals surface area contributed by atoms with Crippen molar-refractivity contribution in [2.24, 2.45) is 0 Å². The van der Waals surface area contributed by atoms with Gasteiger partial charge in [-0.05, 0) is 36.2 Å². The molecule has 2 aliphatic rings. The maximum Gasteiger partial charge on any atom is 0.255 e. The topological polar surface area (TPSA) is 130 Å². The number of fused-ring (bicyclic) bond motifs is 1. The van der Waals surface area contributed by atoms with E-state index in [1.165, 1.54) is 4.90 Å². The second kappa shape index (κ2) is 7.40. The molecule has 31 heavy (non-hydrogen) atoms. The van der Waals surface area contributed by atoms with Crippen molar-refractivity contribution in [3.05, 3.63) is 59.5 Å². The molecule has 1 saturated heterocycles. The van der Waals surface area contributed by atoms with Gasteiger partial charge in [0, 0.05) is 30.3 Å². The quantitative estimate of drug-likeness (QED) is 0.593. The number of hydrogen-bond acceptors (Lipinski definition) is 7. The van der Waals surface area contributed by atoms with E-state index in [-0.39, 0.29) is 24.8 Å². The number of aliphatic hydroxyl groups is 1. The number of carbonyl (C=O) groups is 3. The molecule has 2 aromatic heterocycles. The van der Waals surface area contributed by atoms with Crippen LogP contribution in [0, 0.1) is 0 Å². The number of rotatable bonds is 4. The number of hydrogen-bond donors (Lipinski definition) is 2. The van der Waals surface area contributed by atoms with E-state index in [4.69, 9.17) is 5.11 Å². The average Bonchev–Trinajstić information content (AvgIpc) is 3.39. The molecule has 1 unspecified atom stereocenters. The summed E-state index contributed by atoms with van der Waals surface area (Å²) in [5, 5.41) is 19.7. The number of carbonyl (C=O) groups excluding carboxylic acids is 3. The van der Waals surface area contributed by atoms with E-state index in [1.807, 2.05) is 12.1 Å². The van der Waals surface area contributed by atoms with Crippen LogP contribution in [-0.2, 0) is 22.7 Å². The van der Waals surface area contributed by atoms with Crippen LogP contribution in [0.3, 0.4) is 0 Å². The molecular formula is C21H18N6O4. The number of amides is 3. The largest absolute Gasteiger partial charge is 0.390 e. The molecule has 0 bridgehead atoms. The summed E-state index contributed by atoms with van der Waals surface area (Å²) in [7, 11) is 0. The predicted octanol–water partition coefficient (Wildman–Crippen LogP) is 0.583. The van der Waals surface area contributed by atoms with Gasteiger partial charge < -0.3 is 10.0 Å². The van der Waals surface area contributed by atoms with Crippen LogP contribution in [0.2, 0.25) is 0 Å². The third-order valence-electron chi connectivity index (χ3n) is 5.55. The lowest BCUT2D eigenvalue weighted by molar-refractivity contribution is -0.136. The van der Waals surface area contributed by atoms with Crippen LogP contribution in [0.15, 0.2) is 42.7 Å². The summed E-state index contributed by atoms with van der Waals surface area (Å²) in [6, 6.07) is 8.28. The first-order valence-electron chi connectivity index (χ1n) is 9.80. The van der Waals surface area contributed by atoms with Crippen molar-refractivity contribution >= 4 is 17.7 Å². The van der Waals surface area contributed by atoms with Crippen LogP contribution in [0.1, 0.15) is 34.5 Å². The zero-order chi connectivity index (χ0) is 21.5. The smallest absolute Gasteiger partial charge is 0.255 e. The number of nitrogens with zero attached hydrogens (tertiary/aromatic N) is 5. The van der Waals surface area contributed by atoms with Crippen molar-refractivity contribution in [1.82, 2.24) is 30.2 Å². The molecule has 156 valence electrons. The maximum atomic E-state index is 13.0. The van der Waals surface area contributed by atoms with E-state index in [9.17, 15) is 14.4 Å². The molecule has 0 spiro atoms. The highest BCUT2D eigenvalue weighted by atomic mass is 16.3. The second-order valence-electron chi connectivity index (χ2n) is 7.49. The van der Waals surface area contributed by atoms with Gasteiger partial charge in [-0.3, -0.25) is 24.7 Å². The Labute approximate surface area is 176 Å². The fourth-order valence-electron chi connectivity index (χ4n) is 3.88. The van der Waals surface area contributed by atoms with Crippen molar-refractivity contribution in [3.8, 4) is 16.9 Å². The Hall–Kier alpha value is -3.92. The van der Waals surface area contributed by atoms with Crippen molar-refractivity contribution in [2.45, 2.75) is 32.0 Å². The Morgan fingerprint density at radius 1 is 1.16 bits per heavy atom. The van der Waals surface area contributed by atoms with Gasteiger partial charge in [0.1, 0.15) is 11.7 Å². The van der Waals surface area contributed by atoms with Gasteiger partial charge in [0.15, 0.2) is 0 Å². The highest BCUT2D eigenvalue weighted by Gasteiger charge is 2.39. The first kappa shape index (κ1) is 19.1. The Bertz CT molecular complexity index is 1200. The average molecular weight is 418 g/mol. The van der Waals surface area contributed by atoms with Crippen LogP contribution in [0.4, 0.5) is 0 Å².